The number of carbonyl (C=O) groups excluding carboxylic acids is 1. The highest BCUT2D eigenvalue weighted by Gasteiger charge is 2.30. The number of nitrogens with one attached hydrogen (secondary N) is 1. The van der Waals surface area contributed by atoms with Crippen LogP contribution in [0.5, 0.6) is 5.75 Å². The van der Waals surface area contributed by atoms with Crippen LogP contribution in [0.15, 0.2) is 18.2 Å². The average molecular weight is 320 g/mol. The van der Waals surface area contributed by atoms with Gasteiger partial charge in [-0.2, -0.15) is 0 Å². The Hall–Kier alpha value is -1.91. The summed E-state index contributed by atoms with van der Waals surface area (Å²) in [4.78, 5) is 14.2. The number of anilines is 1. The Labute approximate surface area is 138 Å². The van der Waals surface area contributed by atoms with Crippen molar-refractivity contribution in [3.63, 3.8) is 0 Å². The molecule has 5 nitrogen and oxygen atoms in total. The molecule has 2 rings (SSSR count). The molecule has 1 heterocycles. The average Bonchev–Trinajstić information content (AvgIpc) is 2.47. The van der Waals surface area contributed by atoms with Crippen LogP contribution in [0.4, 0.5) is 10.5 Å². The van der Waals surface area contributed by atoms with Crippen molar-refractivity contribution >= 4 is 11.8 Å². The van der Waals surface area contributed by atoms with Gasteiger partial charge in [-0.15, -0.1) is 0 Å². The molecule has 1 atom stereocenters. The Morgan fingerprint density at radius 1 is 1.39 bits per heavy atom. The molecule has 1 saturated heterocycles. The summed E-state index contributed by atoms with van der Waals surface area (Å²) in [5.41, 5.74) is 1.24. The summed E-state index contributed by atoms with van der Waals surface area (Å²) in [7, 11) is 0. The summed E-state index contributed by atoms with van der Waals surface area (Å²) in [5.74, 6) is 0.280. The summed E-state index contributed by atoms with van der Waals surface area (Å²) in [5, 5.41) is 13.1. The van der Waals surface area contributed by atoms with Crippen molar-refractivity contribution in [2.24, 2.45) is 0 Å². The lowest BCUT2D eigenvalue weighted by atomic mass is 10.0. The third-order valence-electron chi connectivity index (χ3n) is 4.01. The lowest BCUT2D eigenvalue weighted by Crippen LogP contribution is -2.48. The van der Waals surface area contributed by atoms with E-state index < -0.39 is 5.60 Å². The monoisotopic (exact) mass is 320 g/mol. The summed E-state index contributed by atoms with van der Waals surface area (Å²) < 4.78 is 5.51. The Morgan fingerprint density at radius 2 is 2.13 bits per heavy atom. The third kappa shape index (κ3) is 5.05. The predicted octanol–water partition coefficient (Wildman–Crippen LogP) is 3.90. The van der Waals surface area contributed by atoms with Gasteiger partial charge in [0.05, 0.1) is 6.04 Å². The van der Waals surface area contributed by atoms with Gasteiger partial charge in [-0.25, -0.2) is 4.79 Å². The van der Waals surface area contributed by atoms with Gasteiger partial charge in [-0.05, 0) is 58.6 Å². The molecule has 1 amide bonds. The molecular formula is C18H28N2O3. The molecule has 1 aromatic rings. The molecule has 2 N–H and O–H groups in total. The van der Waals surface area contributed by atoms with Crippen LogP contribution in [0, 0.1) is 6.92 Å². The minimum atomic E-state index is -0.477. The van der Waals surface area contributed by atoms with E-state index in [1.165, 1.54) is 0 Å². The van der Waals surface area contributed by atoms with Crippen molar-refractivity contribution in [1.82, 2.24) is 4.90 Å². The zero-order valence-electron chi connectivity index (χ0n) is 14.6. The molecule has 1 aliphatic rings. The number of carbonyl (C=O) groups is 1. The maximum absolute atomic E-state index is 12.4. The van der Waals surface area contributed by atoms with E-state index in [9.17, 15) is 9.90 Å². The zero-order chi connectivity index (χ0) is 17.0. The first-order chi connectivity index (χ1) is 10.8. The molecule has 0 aliphatic carbocycles. The largest absolute Gasteiger partial charge is 0.508 e. The second-order valence-corrected chi connectivity index (χ2v) is 7.21. The number of piperidine rings is 1. The molecule has 5 heteroatoms. The van der Waals surface area contributed by atoms with E-state index >= 15 is 0 Å². The molecule has 0 bridgehead atoms. The van der Waals surface area contributed by atoms with Crippen molar-refractivity contribution in [1.29, 1.82) is 0 Å². The molecule has 23 heavy (non-hydrogen) atoms. The molecule has 1 aromatic carbocycles. The number of likely N-dealkylation sites (tertiary alicyclic amines) is 1. The summed E-state index contributed by atoms with van der Waals surface area (Å²) >= 11 is 0. The van der Waals surface area contributed by atoms with Crippen LogP contribution in [0.1, 0.15) is 45.6 Å². The van der Waals surface area contributed by atoms with Gasteiger partial charge in [0.15, 0.2) is 0 Å². The van der Waals surface area contributed by atoms with Gasteiger partial charge in [-0.1, -0.05) is 6.07 Å². The molecule has 0 saturated carbocycles. The Bertz CT molecular complexity index is 552. The summed E-state index contributed by atoms with van der Waals surface area (Å²) in [6.07, 6.45) is 2.85. The van der Waals surface area contributed by atoms with Gasteiger partial charge in [0.25, 0.3) is 0 Å². The fourth-order valence-corrected chi connectivity index (χ4v) is 2.73. The standard InChI is InChI=1S/C18H28N2O3/c1-13-8-9-14(11-16(13)21)19-12-15-7-5-6-10-20(15)17(22)23-18(2,3)4/h8-9,11,15,19,21H,5-7,10,12H2,1-4H3. The Kier molecular flexibility index (Phi) is 5.39. The maximum atomic E-state index is 12.4. The topological polar surface area (TPSA) is 61.8 Å². The number of aryl methyl sites for hydroxylation is 1. The number of hydrogen-bond donors (Lipinski definition) is 2. The zero-order valence-corrected chi connectivity index (χ0v) is 14.6. The van der Waals surface area contributed by atoms with E-state index in [-0.39, 0.29) is 17.9 Å². The number of phenols is 1. The second-order valence-electron chi connectivity index (χ2n) is 7.21. The van der Waals surface area contributed by atoms with Crippen LogP contribution in [-0.4, -0.2) is 40.8 Å². The van der Waals surface area contributed by atoms with E-state index in [0.717, 1.165) is 37.1 Å². The number of amides is 1. The Morgan fingerprint density at radius 3 is 2.78 bits per heavy atom. The van der Waals surface area contributed by atoms with Crippen molar-refractivity contribution in [2.75, 3.05) is 18.4 Å². The van der Waals surface area contributed by atoms with Crippen LogP contribution in [-0.2, 0) is 4.74 Å². The van der Waals surface area contributed by atoms with Crippen LogP contribution in [0.25, 0.3) is 0 Å². The molecule has 1 fully saturated rings. The number of nitrogens with zero attached hydrogens (tertiary/aromatic N) is 1. The molecule has 0 spiro atoms. The maximum Gasteiger partial charge on any atom is 0.410 e. The lowest BCUT2D eigenvalue weighted by Gasteiger charge is -2.37. The van der Waals surface area contributed by atoms with E-state index in [2.05, 4.69) is 5.32 Å². The molecular weight excluding hydrogens is 292 g/mol. The quantitative estimate of drug-likeness (QED) is 0.886. The van der Waals surface area contributed by atoms with E-state index in [4.69, 9.17) is 4.74 Å². The van der Waals surface area contributed by atoms with Gasteiger partial charge in [0, 0.05) is 24.8 Å². The fourth-order valence-electron chi connectivity index (χ4n) is 2.73. The first-order valence-electron chi connectivity index (χ1n) is 8.29. The van der Waals surface area contributed by atoms with Crippen LogP contribution in [0.2, 0.25) is 0 Å². The molecule has 1 aliphatic heterocycles. The lowest BCUT2D eigenvalue weighted by molar-refractivity contribution is 0.0114. The van der Waals surface area contributed by atoms with E-state index in [0.29, 0.717) is 6.54 Å². The molecule has 1 unspecified atom stereocenters. The van der Waals surface area contributed by atoms with Gasteiger partial charge in [0.2, 0.25) is 0 Å². The highest BCUT2D eigenvalue weighted by atomic mass is 16.6. The molecule has 0 aromatic heterocycles. The first kappa shape index (κ1) is 17.4. The minimum Gasteiger partial charge on any atom is -0.508 e. The Balaban J connectivity index is 1.98. The minimum absolute atomic E-state index is 0.113. The molecule has 128 valence electrons. The van der Waals surface area contributed by atoms with Crippen LogP contribution in [0.3, 0.4) is 0 Å². The van der Waals surface area contributed by atoms with Crippen molar-refractivity contribution in [2.45, 2.75) is 58.6 Å². The van der Waals surface area contributed by atoms with Crippen LogP contribution < -0.4 is 5.32 Å². The number of aromatic hydroxyl groups is 1. The summed E-state index contributed by atoms with van der Waals surface area (Å²) in [6.45, 7) is 8.91. The highest BCUT2D eigenvalue weighted by Crippen LogP contribution is 2.23. The number of benzene rings is 1. The summed E-state index contributed by atoms with van der Waals surface area (Å²) in [6, 6.07) is 5.65. The highest BCUT2D eigenvalue weighted by molar-refractivity contribution is 5.68. The number of ether oxygens (including phenoxy) is 1. The van der Waals surface area contributed by atoms with E-state index in [1.807, 2.05) is 44.7 Å². The SMILES string of the molecule is Cc1ccc(NCC2CCCCN2C(=O)OC(C)(C)C)cc1O. The normalized spacial score (nSPS) is 18.6. The number of rotatable bonds is 3. The third-order valence-corrected chi connectivity index (χ3v) is 4.01. The van der Waals surface area contributed by atoms with Gasteiger partial charge < -0.3 is 20.1 Å². The fraction of sp³-hybridized carbons (Fsp3) is 0.611. The first-order valence-corrected chi connectivity index (χ1v) is 8.29. The van der Waals surface area contributed by atoms with Gasteiger partial charge >= 0.3 is 6.09 Å². The van der Waals surface area contributed by atoms with Crippen molar-refractivity contribution < 1.29 is 14.6 Å². The van der Waals surface area contributed by atoms with Gasteiger partial charge in [0.1, 0.15) is 11.4 Å². The molecule has 0 radical (unpaired) electrons. The number of phenolic OH excluding ortho intramolecular Hbond substituents is 1. The van der Waals surface area contributed by atoms with Crippen LogP contribution >= 0.6 is 0 Å². The predicted molar refractivity (Wildman–Crippen MR) is 91.9 cm³/mol. The smallest absolute Gasteiger partial charge is 0.410 e. The van der Waals surface area contributed by atoms with E-state index in [1.54, 1.807) is 6.07 Å². The number of hydrogen-bond acceptors (Lipinski definition) is 4. The van der Waals surface area contributed by atoms with Gasteiger partial charge in [-0.3, -0.25) is 0 Å². The second kappa shape index (κ2) is 7.11. The van der Waals surface area contributed by atoms with Crippen molar-refractivity contribution in [3.8, 4) is 5.75 Å². The van der Waals surface area contributed by atoms with Crippen molar-refractivity contribution in [3.05, 3.63) is 23.8 Å².